The van der Waals surface area contributed by atoms with E-state index in [1.54, 1.807) is 0 Å². The molecule has 1 amide bonds. The highest BCUT2D eigenvalue weighted by atomic mass is 16.5. The number of rotatable bonds is 2. The van der Waals surface area contributed by atoms with Crippen molar-refractivity contribution < 1.29 is 14.3 Å². The Labute approximate surface area is 97.6 Å². The Morgan fingerprint density at radius 1 is 1.65 bits per heavy atom. The molecule has 0 spiro atoms. The second kappa shape index (κ2) is 4.36. The summed E-state index contributed by atoms with van der Waals surface area (Å²) in [6.07, 6.45) is 2.89. The predicted octanol–water partition coefficient (Wildman–Crippen LogP) is -0.415. The normalized spacial score (nSPS) is 19.5. The molecule has 1 aliphatic rings. The minimum absolute atomic E-state index is 0.126. The number of hydrogen-bond acceptors (Lipinski definition) is 6. The van der Waals surface area contributed by atoms with E-state index in [2.05, 4.69) is 14.7 Å². The van der Waals surface area contributed by atoms with Crippen LogP contribution in [0.2, 0.25) is 0 Å². The van der Waals surface area contributed by atoms with Crippen LogP contribution in [-0.2, 0) is 14.3 Å². The van der Waals surface area contributed by atoms with Crippen LogP contribution in [0.4, 0.5) is 11.5 Å². The lowest BCUT2D eigenvalue weighted by Crippen LogP contribution is -2.27. The number of nitrogens with zero attached hydrogens (tertiary/aromatic N) is 3. The number of nitrogen functional groups attached to an aromatic ring is 1. The van der Waals surface area contributed by atoms with E-state index in [9.17, 15) is 9.59 Å². The maximum Gasteiger partial charge on any atom is 0.311 e. The smallest absolute Gasteiger partial charge is 0.311 e. The molecule has 1 atom stereocenters. The third kappa shape index (κ3) is 2.03. The number of methoxy groups -OCH3 is 1. The lowest BCUT2D eigenvalue weighted by molar-refractivity contribution is -0.145. The Morgan fingerprint density at radius 3 is 3.06 bits per heavy atom. The van der Waals surface area contributed by atoms with Crippen LogP contribution in [0.5, 0.6) is 0 Å². The van der Waals surface area contributed by atoms with E-state index >= 15 is 0 Å². The summed E-state index contributed by atoms with van der Waals surface area (Å²) in [6.45, 7) is 0.253. The maximum absolute atomic E-state index is 11.8. The van der Waals surface area contributed by atoms with Crippen LogP contribution in [0.25, 0.3) is 0 Å². The molecule has 2 heterocycles. The number of carbonyl (C=O) groups is 2. The molecule has 1 aromatic rings. The first kappa shape index (κ1) is 11.3. The Hall–Kier alpha value is -2.18. The second-order valence-corrected chi connectivity index (χ2v) is 3.72. The van der Waals surface area contributed by atoms with Crippen LogP contribution in [0.15, 0.2) is 12.5 Å². The summed E-state index contributed by atoms with van der Waals surface area (Å²) in [5, 5.41) is 0. The van der Waals surface area contributed by atoms with Gasteiger partial charge in [0, 0.05) is 13.0 Å². The van der Waals surface area contributed by atoms with Gasteiger partial charge in [-0.15, -0.1) is 0 Å². The van der Waals surface area contributed by atoms with Crippen LogP contribution in [0, 0.1) is 5.92 Å². The molecule has 7 heteroatoms. The highest BCUT2D eigenvalue weighted by Crippen LogP contribution is 2.27. The molecule has 7 nitrogen and oxygen atoms in total. The number of esters is 1. The van der Waals surface area contributed by atoms with Crippen LogP contribution < -0.4 is 10.6 Å². The standard InChI is InChI=1S/C10H12N4O3/c1-17-10(16)6-2-8(15)14(4-6)7-3-12-5-13-9(7)11/h3,5-6H,2,4H2,1H3,(H2,11,12,13). The van der Waals surface area contributed by atoms with Gasteiger partial charge in [0.1, 0.15) is 12.0 Å². The summed E-state index contributed by atoms with van der Waals surface area (Å²) in [5.74, 6) is -0.802. The third-order valence-electron chi connectivity index (χ3n) is 2.67. The largest absolute Gasteiger partial charge is 0.469 e. The van der Waals surface area contributed by atoms with Crippen molar-refractivity contribution in [1.82, 2.24) is 9.97 Å². The Balaban J connectivity index is 2.22. The summed E-state index contributed by atoms with van der Waals surface area (Å²) < 4.78 is 4.62. The number of hydrogen-bond donors (Lipinski definition) is 1. The fourth-order valence-corrected chi connectivity index (χ4v) is 1.80. The van der Waals surface area contributed by atoms with E-state index in [1.807, 2.05) is 0 Å². The van der Waals surface area contributed by atoms with E-state index in [0.717, 1.165) is 0 Å². The van der Waals surface area contributed by atoms with E-state index < -0.39 is 11.9 Å². The molecule has 1 aromatic heterocycles. The van der Waals surface area contributed by atoms with Crippen LogP contribution in [0.3, 0.4) is 0 Å². The molecule has 0 aliphatic carbocycles. The average Bonchev–Trinajstić information content (AvgIpc) is 2.71. The highest BCUT2D eigenvalue weighted by molar-refractivity contribution is 6.00. The van der Waals surface area contributed by atoms with Gasteiger partial charge in [0.05, 0.1) is 19.2 Å². The molecule has 90 valence electrons. The second-order valence-electron chi connectivity index (χ2n) is 3.72. The van der Waals surface area contributed by atoms with Crippen molar-refractivity contribution in [3.63, 3.8) is 0 Å². The minimum Gasteiger partial charge on any atom is -0.469 e. The fourth-order valence-electron chi connectivity index (χ4n) is 1.80. The highest BCUT2D eigenvalue weighted by Gasteiger charge is 2.36. The van der Waals surface area contributed by atoms with Crippen molar-refractivity contribution in [2.75, 3.05) is 24.3 Å². The first-order valence-corrected chi connectivity index (χ1v) is 5.07. The molecule has 1 saturated heterocycles. The molecule has 2 rings (SSSR count). The zero-order valence-electron chi connectivity index (χ0n) is 9.29. The van der Waals surface area contributed by atoms with Gasteiger partial charge in [0.2, 0.25) is 5.91 Å². The van der Waals surface area contributed by atoms with Gasteiger partial charge in [-0.2, -0.15) is 0 Å². The van der Waals surface area contributed by atoms with Gasteiger partial charge >= 0.3 is 5.97 Å². The predicted molar refractivity (Wildman–Crippen MR) is 58.9 cm³/mol. The van der Waals surface area contributed by atoms with Crippen LogP contribution in [0.1, 0.15) is 6.42 Å². The van der Waals surface area contributed by atoms with E-state index in [0.29, 0.717) is 5.69 Å². The van der Waals surface area contributed by atoms with Gasteiger partial charge in [-0.25, -0.2) is 9.97 Å². The molecule has 0 radical (unpaired) electrons. The summed E-state index contributed by atoms with van der Waals surface area (Å²) in [5.41, 5.74) is 6.09. The number of carbonyl (C=O) groups excluding carboxylic acids is 2. The van der Waals surface area contributed by atoms with E-state index in [4.69, 9.17) is 5.73 Å². The molecular weight excluding hydrogens is 224 g/mol. The first-order chi connectivity index (χ1) is 8.13. The minimum atomic E-state index is -0.452. The molecule has 1 fully saturated rings. The number of ether oxygens (including phenoxy) is 1. The van der Waals surface area contributed by atoms with Gasteiger partial charge in [-0.05, 0) is 0 Å². The molecule has 0 aromatic carbocycles. The van der Waals surface area contributed by atoms with Crippen LogP contribution >= 0.6 is 0 Å². The van der Waals surface area contributed by atoms with Crippen molar-refractivity contribution in [3.8, 4) is 0 Å². The van der Waals surface area contributed by atoms with Gasteiger partial charge < -0.3 is 15.4 Å². The Bertz CT molecular complexity index is 463. The molecule has 17 heavy (non-hydrogen) atoms. The lowest BCUT2D eigenvalue weighted by atomic mass is 10.1. The van der Waals surface area contributed by atoms with Crippen molar-refractivity contribution >= 4 is 23.4 Å². The average molecular weight is 236 g/mol. The third-order valence-corrected chi connectivity index (χ3v) is 2.67. The van der Waals surface area contributed by atoms with Gasteiger partial charge in [-0.3, -0.25) is 9.59 Å². The zero-order chi connectivity index (χ0) is 12.4. The maximum atomic E-state index is 11.8. The Morgan fingerprint density at radius 2 is 2.41 bits per heavy atom. The Kier molecular flexibility index (Phi) is 2.90. The fraction of sp³-hybridized carbons (Fsp3) is 0.400. The van der Waals surface area contributed by atoms with Gasteiger partial charge in [0.25, 0.3) is 0 Å². The lowest BCUT2D eigenvalue weighted by Gasteiger charge is -2.16. The number of anilines is 2. The molecule has 1 unspecified atom stereocenters. The zero-order valence-corrected chi connectivity index (χ0v) is 9.29. The monoisotopic (exact) mass is 236 g/mol. The van der Waals surface area contributed by atoms with Crippen molar-refractivity contribution in [3.05, 3.63) is 12.5 Å². The van der Waals surface area contributed by atoms with Gasteiger partial charge in [-0.1, -0.05) is 0 Å². The molecule has 0 saturated carbocycles. The summed E-state index contributed by atoms with van der Waals surface area (Å²) in [6, 6.07) is 0. The molecular formula is C10H12N4O3. The van der Waals surface area contributed by atoms with Crippen molar-refractivity contribution in [1.29, 1.82) is 0 Å². The number of nitrogens with two attached hydrogens (primary N) is 1. The van der Waals surface area contributed by atoms with Gasteiger partial charge in [0.15, 0.2) is 5.82 Å². The summed E-state index contributed by atoms with van der Waals surface area (Å²) in [7, 11) is 1.30. The summed E-state index contributed by atoms with van der Waals surface area (Å²) >= 11 is 0. The van der Waals surface area contributed by atoms with Crippen molar-refractivity contribution in [2.45, 2.75) is 6.42 Å². The topological polar surface area (TPSA) is 98.4 Å². The molecule has 0 bridgehead atoms. The quantitative estimate of drug-likeness (QED) is 0.700. The SMILES string of the molecule is COC(=O)C1CC(=O)N(c2cncnc2N)C1. The molecule has 1 aliphatic heterocycles. The van der Waals surface area contributed by atoms with Crippen molar-refractivity contribution in [2.24, 2.45) is 5.92 Å². The van der Waals surface area contributed by atoms with E-state index in [-0.39, 0.29) is 24.7 Å². The first-order valence-electron chi connectivity index (χ1n) is 5.07. The van der Waals surface area contributed by atoms with Crippen LogP contribution in [-0.4, -0.2) is 35.5 Å². The number of aromatic nitrogens is 2. The summed E-state index contributed by atoms with van der Waals surface area (Å²) in [4.78, 5) is 32.2. The number of amides is 1. The van der Waals surface area contributed by atoms with E-state index in [1.165, 1.54) is 24.5 Å². The molecule has 2 N–H and O–H groups in total.